The fourth-order valence-electron chi connectivity index (χ4n) is 2.57. The van der Waals surface area contributed by atoms with Gasteiger partial charge >= 0.3 is 0 Å². The highest BCUT2D eigenvalue weighted by molar-refractivity contribution is 14.0. The Morgan fingerprint density at radius 2 is 1.96 bits per heavy atom. The lowest BCUT2D eigenvalue weighted by Gasteiger charge is -2.12. The molecule has 0 fully saturated rings. The summed E-state index contributed by atoms with van der Waals surface area (Å²) in [6, 6.07) is 18.0. The van der Waals surface area contributed by atoms with Crippen molar-refractivity contribution in [1.82, 2.24) is 25.8 Å². The maximum absolute atomic E-state index is 5.69. The quantitative estimate of drug-likeness (QED) is 0.195. The van der Waals surface area contributed by atoms with Gasteiger partial charge in [-0.05, 0) is 30.2 Å². The highest BCUT2D eigenvalue weighted by atomic mass is 127. The highest BCUT2D eigenvalue weighted by Crippen LogP contribution is 2.15. The van der Waals surface area contributed by atoms with Crippen molar-refractivity contribution in [3.63, 3.8) is 0 Å². The summed E-state index contributed by atoms with van der Waals surface area (Å²) in [5, 5.41) is 13.4. The van der Waals surface area contributed by atoms with Crippen molar-refractivity contribution in [1.29, 1.82) is 0 Å². The molecule has 0 bridgehead atoms. The first-order chi connectivity index (χ1) is 13.3. The van der Waals surface area contributed by atoms with E-state index in [-0.39, 0.29) is 24.0 Å². The molecular formula is C20H25IN6O. The van der Waals surface area contributed by atoms with Gasteiger partial charge in [-0.3, -0.25) is 10.1 Å². The molecule has 1 heterocycles. The van der Waals surface area contributed by atoms with Crippen LogP contribution in [0, 0.1) is 0 Å². The number of halogens is 1. The fraction of sp³-hybridized carbons (Fsp3) is 0.250. The van der Waals surface area contributed by atoms with E-state index in [2.05, 4.69) is 42.9 Å². The summed E-state index contributed by atoms with van der Waals surface area (Å²) in [7, 11) is 1.76. The summed E-state index contributed by atoms with van der Waals surface area (Å²) in [5.74, 6) is 2.42. The zero-order valence-corrected chi connectivity index (χ0v) is 18.1. The Morgan fingerprint density at radius 1 is 1.11 bits per heavy atom. The lowest BCUT2D eigenvalue weighted by molar-refractivity contribution is 0.311. The van der Waals surface area contributed by atoms with Crippen LogP contribution < -0.4 is 15.4 Å². The Hall–Kier alpha value is -2.62. The maximum Gasteiger partial charge on any atom is 0.191 e. The minimum absolute atomic E-state index is 0. The Labute approximate surface area is 182 Å². The molecule has 0 aliphatic heterocycles. The van der Waals surface area contributed by atoms with Gasteiger partial charge in [-0.1, -0.05) is 36.4 Å². The molecule has 2 aromatic carbocycles. The van der Waals surface area contributed by atoms with Gasteiger partial charge in [0.2, 0.25) is 0 Å². The van der Waals surface area contributed by atoms with Crippen LogP contribution in [0.3, 0.4) is 0 Å². The zero-order chi connectivity index (χ0) is 18.7. The molecular weight excluding hydrogens is 467 g/mol. The maximum atomic E-state index is 5.69. The van der Waals surface area contributed by atoms with E-state index >= 15 is 0 Å². The van der Waals surface area contributed by atoms with Gasteiger partial charge in [-0.15, -0.1) is 24.0 Å². The largest absolute Gasteiger partial charge is 0.494 e. The first kappa shape index (κ1) is 21.7. The van der Waals surface area contributed by atoms with Gasteiger partial charge in [-0.25, -0.2) is 4.98 Å². The molecule has 3 rings (SSSR count). The van der Waals surface area contributed by atoms with Crippen molar-refractivity contribution >= 4 is 29.9 Å². The first-order valence-electron chi connectivity index (χ1n) is 8.92. The van der Waals surface area contributed by atoms with Crippen molar-refractivity contribution in [2.75, 3.05) is 20.2 Å². The summed E-state index contributed by atoms with van der Waals surface area (Å²) in [6.07, 6.45) is 2.39. The van der Waals surface area contributed by atoms with E-state index in [0.717, 1.165) is 41.6 Å². The minimum Gasteiger partial charge on any atom is -0.494 e. The lowest BCUT2D eigenvalue weighted by atomic mass is 10.1. The number of rotatable bonds is 8. The topological polar surface area (TPSA) is 87.2 Å². The third-order valence-corrected chi connectivity index (χ3v) is 3.92. The number of H-pyrrole nitrogens is 1. The number of para-hydroxylation sites is 1. The third-order valence-electron chi connectivity index (χ3n) is 3.92. The van der Waals surface area contributed by atoms with E-state index in [1.807, 2.05) is 42.5 Å². The van der Waals surface area contributed by atoms with Crippen LogP contribution in [0.25, 0.3) is 11.4 Å². The smallest absolute Gasteiger partial charge is 0.191 e. The van der Waals surface area contributed by atoms with Gasteiger partial charge in [0.1, 0.15) is 12.1 Å². The summed E-state index contributed by atoms with van der Waals surface area (Å²) in [5.41, 5.74) is 2.15. The van der Waals surface area contributed by atoms with Crippen LogP contribution in [0.5, 0.6) is 5.75 Å². The van der Waals surface area contributed by atoms with Crippen molar-refractivity contribution in [2.45, 2.75) is 13.0 Å². The van der Waals surface area contributed by atoms with Crippen molar-refractivity contribution in [3.8, 4) is 17.1 Å². The molecule has 0 radical (unpaired) electrons. The number of aromatic nitrogens is 3. The number of hydrogen-bond acceptors (Lipinski definition) is 4. The third kappa shape index (κ3) is 6.84. The Balaban J connectivity index is 0.00000280. The number of guanidine groups is 1. The molecule has 0 saturated carbocycles. The molecule has 28 heavy (non-hydrogen) atoms. The molecule has 0 aliphatic rings. The van der Waals surface area contributed by atoms with Crippen LogP contribution in [0.2, 0.25) is 0 Å². The summed E-state index contributed by atoms with van der Waals surface area (Å²) in [6.45, 7) is 2.11. The zero-order valence-electron chi connectivity index (χ0n) is 15.8. The van der Waals surface area contributed by atoms with Gasteiger partial charge < -0.3 is 15.4 Å². The first-order valence-corrected chi connectivity index (χ1v) is 8.92. The lowest BCUT2D eigenvalue weighted by Crippen LogP contribution is -2.37. The predicted octanol–water partition coefficient (Wildman–Crippen LogP) is 3.22. The number of nitrogens with zero attached hydrogens (tertiary/aromatic N) is 3. The molecule has 8 heteroatoms. The number of aromatic amines is 1. The van der Waals surface area contributed by atoms with Gasteiger partial charge in [0.05, 0.1) is 6.61 Å². The average Bonchev–Trinajstić information content (AvgIpc) is 3.26. The van der Waals surface area contributed by atoms with E-state index < -0.39 is 0 Å². The van der Waals surface area contributed by atoms with Gasteiger partial charge in [-0.2, -0.15) is 5.10 Å². The number of benzene rings is 2. The molecule has 148 valence electrons. The Bertz CT molecular complexity index is 839. The molecule has 0 spiro atoms. The SMILES string of the molecule is CN=C(NCCCOc1ccccc1)NCc1cccc(-c2ncn[nH]2)c1.I. The van der Waals surface area contributed by atoms with E-state index in [1.54, 1.807) is 7.05 Å². The van der Waals surface area contributed by atoms with Crippen LogP contribution in [-0.4, -0.2) is 41.3 Å². The molecule has 3 N–H and O–H groups in total. The van der Waals surface area contributed by atoms with Crippen molar-refractivity contribution < 1.29 is 4.74 Å². The number of aliphatic imine (C=N–C) groups is 1. The molecule has 0 saturated heterocycles. The Morgan fingerprint density at radius 3 is 2.71 bits per heavy atom. The van der Waals surface area contributed by atoms with Crippen LogP contribution in [0.1, 0.15) is 12.0 Å². The number of hydrogen-bond donors (Lipinski definition) is 3. The van der Waals surface area contributed by atoms with Crippen molar-refractivity contribution in [3.05, 3.63) is 66.5 Å². The van der Waals surface area contributed by atoms with Gasteiger partial charge in [0, 0.05) is 25.7 Å². The minimum atomic E-state index is 0. The summed E-state index contributed by atoms with van der Waals surface area (Å²) >= 11 is 0. The van der Waals surface area contributed by atoms with E-state index in [0.29, 0.717) is 13.2 Å². The van der Waals surface area contributed by atoms with Crippen LogP contribution in [0.15, 0.2) is 65.9 Å². The number of ether oxygens (including phenoxy) is 1. The summed E-state index contributed by atoms with van der Waals surface area (Å²) < 4.78 is 5.69. The second-order valence-corrected chi connectivity index (χ2v) is 5.90. The van der Waals surface area contributed by atoms with Crippen LogP contribution >= 0.6 is 24.0 Å². The van der Waals surface area contributed by atoms with Gasteiger partial charge in [0.25, 0.3) is 0 Å². The van der Waals surface area contributed by atoms with Crippen molar-refractivity contribution in [2.24, 2.45) is 4.99 Å². The molecule has 0 amide bonds. The molecule has 0 unspecified atom stereocenters. The second-order valence-electron chi connectivity index (χ2n) is 5.90. The predicted molar refractivity (Wildman–Crippen MR) is 122 cm³/mol. The standard InChI is InChI=1S/C20H24N6O.HI/c1-21-20(22-11-6-12-27-18-9-3-2-4-10-18)23-14-16-7-5-8-17(13-16)19-24-15-25-26-19;/h2-5,7-10,13,15H,6,11-12,14H2,1H3,(H2,21,22,23)(H,24,25,26);1H. The molecule has 1 aromatic heterocycles. The highest BCUT2D eigenvalue weighted by Gasteiger charge is 2.03. The van der Waals surface area contributed by atoms with Gasteiger partial charge in [0.15, 0.2) is 11.8 Å². The molecule has 0 atom stereocenters. The Kier molecular flexibility index (Phi) is 9.26. The normalized spacial score (nSPS) is 10.8. The van der Waals surface area contributed by atoms with E-state index in [4.69, 9.17) is 4.74 Å². The molecule has 0 aliphatic carbocycles. The van der Waals surface area contributed by atoms with Crippen LogP contribution in [-0.2, 0) is 6.54 Å². The van der Waals surface area contributed by atoms with E-state index in [1.165, 1.54) is 6.33 Å². The molecule has 7 nitrogen and oxygen atoms in total. The molecule has 3 aromatic rings. The summed E-state index contributed by atoms with van der Waals surface area (Å²) in [4.78, 5) is 8.44. The monoisotopic (exact) mass is 492 g/mol. The van der Waals surface area contributed by atoms with E-state index in [9.17, 15) is 0 Å². The number of nitrogens with one attached hydrogen (secondary N) is 3. The fourth-order valence-corrected chi connectivity index (χ4v) is 2.57. The van der Waals surface area contributed by atoms with Crippen LogP contribution in [0.4, 0.5) is 0 Å². The average molecular weight is 492 g/mol. The second kappa shape index (κ2) is 12.0.